The van der Waals surface area contributed by atoms with E-state index in [1.165, 1.54) is 0 Å². The van der Waals surface area contributed by atoms with Crippen molar-refractivity contribution in [2.75, 3.05) is 5.73 Å². The van der Waals surface area contributed by atoms with Crippen LogP contribution < -0.4 is 5.73 Å². The van der Waals surface area contributed by atoms with Crippen LogP contribution >= 0.6 is 11.6 Å². The first kappa shape index (κ1) is 12.0. The fraction of sp³-hybridized carbons (Fsp3) is 0.143. The zero-order chi connectivity index (χ0) is 13.4. The number of pyridine rings is 1. The highest BCUT2D eigenvalue weighted by atomic mass is 35.5. The third kappa shape index (κ3) is 1.94. The summed E-state index contributed by atoms with van der Waals surface area (Å²) < 4.78 is 1.90. The molecule has 0 radical (unpaired) electrons. The molecule has 3 aromatic rings. The molecule has 0 aliphatic heterocycles. The number of fused-ring (bicyclic) bond motifs is 1. The van der Waals surface area contributed by atoms with Crippen molar-refractivity contribution in [3.8, 4) is 0 Å². The minimum absolute atomic E-state index is 0.0198. The minimum atomic E-state index is -0.0198. The van der Waals surface area contributed by atoms with Gasteiger partial charge in [-0.25, -0.2) is 9.97 Å². The van der Waals surface area contributed by atoms with E-state index < -0.39 is 0 Å². The third-order valence-electron chi connectivity index (χ3n) is 3.22. The van der Waals surface area contributed by atoms with Crippen LogP contribution in [0.2, 0.25) is 5.02 Å². The number of nitrogens with two attached hydrogens (primary N) is 1. The molecule has 0 saturated carbocycles. The fourth-order valence-corrected chi connectivity index (χ4v) is 2.58. The van der Waals surface area contributed by atoms with E-state index in [4.69, 9.17) is 17.3 Å². The van der Waals surface area contributed by atoms with E-state index in [1.54, 1.807) is 6.20 Å². The Bertz CT molecular complexity index is 735. The Labute approximate surface area is 115 Å². The van der Waals surface area contributed by atoms with E-state index >= 15 is 0 Å². The quantitative estimate of drug-likeness (QED) is 0.779. The number of anilines is 1. The highest BCUT2D eigenvalue weighted by Crippen LogP contribution is 2.29. The molecule has 1 aromatic carbocycles. The van der Waals surface area contributed by atoms with Gasteiger partial charge in [0.05, 0.1) is 6.04 Å². The number of nitrogens with zero attached hydrogens (tertiary/aromatic N) is 3. The van der Waals surface area contributed by atoms with Crippen molar-refractivity contribution in [3.05, 3.63) is 53.2 Å². The number of hydrogen-bond acceptors (Lipinski definition) is 3. The normalized spacial score (nSPS) is 12.7. The van der Waals surface area contributed by atoms with E-state index in [1.807, 2.05) is 47.9 Å². The minimum Gasteiger partial charge on any atom is -0.369 e. The van der Waals surface area contributed by atoms with Gasteiger partial charge in [-0.15, -0.1) is 0 Å². The largest absolute Gasteiger partial charge is 0.369 e. The van der Waals surface area contributed by atoms with Crippen LogP contribution in [0.4, 0.5) is 5.95 Å². The third-order valence-corrected chi connectivity index (χ3v) is 3.56. The van der Waals surface area contributed by atoms with E-state index in [-0.39, 0.29) is 6.04 Å². The summed E-state index contributed by atoms with van der Waals surface area (Å²) >= 11 is 6.24. The van der Waals surface area contributed by atoms with E-state index in [2.05, 4.69) is 9.97 Å². The molecule has 0 fully saturated rings. The molecule has 2 N–H and O–H groups in total. The van der Waals surface area contributed by atoms with Crippen LogP contribution in [-0.2, 0) is 0 Å². The second-order valence-corrected chi connectivity index (χ2v) is 4.79. The summed E-state index contributed by atoms with van der Waals surface area (Å²) in [5.41, 5.74) is 8.57. The molecule has 1 atom stereocenters. The molecule has 5 heteroatoms. The number of imidazole rings is 1. The second kappa shape index (κ2) is 4.55. The summed E-state index contributed by atoms with van der Waals surface area (Å²) in [4.78, 5) is 8.68. The summed E-state index contributed by atoms with van der Waals surface area (Å²) in [7, 11) is 0. The molecule has 0 aliphatic rings. The Balaban J connectivity index is 2.19. The number of benzene rings is 1. The van der Waals surface area contributed by atoms with Gasteiger partial charge >= 0.3 is 0 Å². The zero-order valence-electron chi connectivity index (χ0n) is 10.4. The standard InChI is InChI=1S/C14H13ClN4/c1-9(10-5-2-3-6-11(10)15)19-13-12(18-14(19)16)7-4-8-17-13/h2-9H,1H3,(H2,16,18). The monoisotopic (exact) mass is 272 g/mol. The van der Waals surface area contributed by atoms with Crippen LogP contribution in [0, 0.1) is 0 Å². The van der Waals surface area contributed by atoms with Crippen molar-refractivity contribution < 1.29 is 0 Å². The number of nitrogen functional groups attached to an aromatic ring is 1. The Morgan fingerprint density at radius 1 is 1.21 bits per heavy atom. The van der Waals surface area contributed by atoms with Crippen molar-refractivity contribution in [3.63, 3.8) is 0 Å². The van der Waals surface area contributed by atoms with Crippen molar-refractivity contribution in [1.82, 2.24) is 14.5 Å². The maximum Gasteiger partial charge on any atom is 0.203 e. The molecule has 19 heavy (non-hydrogen) atoms. The first-order valence-corrected chi connectivity index (χ1v) is 6.39. The zero-order valence-corrected chi connectivity index (χ0v) is 11.2. The molecule has 2 heterocycles. The Morgan fingerprint density at radius 3 is 2.79 bits per heavy atom. The Hall–Kier alpha value is -2.07. The number of hydrogen-bond donors (Lipinski definition) is 1. The van der Waals surface area contributed by atoms with Crippen LogP contribution in [0.5, 0.6) is 0 Å². The van der Waals surface area contributed by atoms with Gasteiger partial charge in [-0.2, -0.15) is 0 Å². The number of halogens is 1. The second-order valence-electron chi connectivity index (χ2n) is 4.38. The smallest absolute Gasteiger partial charge is 0.203 e. The van der Waals surface area contributed by atoms with Crippen molar-refractivity contribution in [1.29, 1.82) is 0 Å². The van der Waals surface area contributed by atoms with E-state index in [0.29, 0.717) is 11.0 Å². The Morgan fingerprint density at radius 2 is 2.00 bits per heavy atom. The van der Waals surface area contributed by atoms with Gasteiger partial charge in [0, 0.05) is 11.2 Å². The van der Waals surface area contributed by atoms with Gasteiger partial charge in [0.2, 0.25) is 5.95 Å². The molecule has 1 unspecified atom stereocenters. The molecule has 0 saturated heterocycles. The summed E-state index contributed by atoms with van der Waals surface area (Å²) in [5.74, 6) is 0.445. The highest BCUT2D eigenvalue weighted by molar-refractivity contribution is 6.31. The van der Waals surface area contributed by atoms with Gasteiger partial charge in [-0.3, -0.25) is 4.57 Å². The van der Waals surface area contributed by atoms with E-state index in [0.717, 1.165) is 16.7 Å². The van der Waals surface area contributed by atoms with Gasteiger partial charge in [-0.1, -0.05) is 29.8 Å². The van der Waals surface area contributed by atoms with E-state index in [9.17, 15) is 0 Å². The molecule has 0 bridgehead atoms. The molecule has 4 nitrogen and oxygen atoms in total. The summed E-state index contributed by atoms with van der Waals surface area (Å²) in [6, 6.07) is 11.5. The summed E-state index contributed by atoms with van der Waals surface area (Å²) in [6.45, 7) is 2.04. The van der Waals surface area contributed by atoms with Gasteiger partial charge < -0.3 is 5.73 Å². The molecular formula is C14H13ClN4. The topological polar surface area (TPSA) is 56.7 Å². The maximum absolute atomic E-state index is 6.24. The lowest BCUT2D eigenvalue weighted by Crippen LogP contribution is -2.11. The molecule has 0 amide bonds. The van der Waals surface area contributed by atoms with Crippen LogP contribution in [0.25, 0.3) is 11.2 Å². The average Bonchev–Trinajstić information content (AvgIpc) is 2.74. The molecule has 3 rings (SSSR count). The van der Waals surface area contributed by atoms with Gasteiger partial charge in [0.1, 0.15) is 5.52 Å². The van der Waals surface area contributed by atoms with Crippen LogP contribution in [-0.4, -0.2) is 14.5 Å². The predicted octanol–water partition coefficient (Wildman–Crippen LogP) is 3.28. The Kier molecular flexibility index (Phi) is 2.87. The van der Waals surface area contributed by atoms with Crippen LogP contribution in [0.3, 0.4) is 0 Å². The number of aromatic nitrogens is 3. The molecule has 0 aliphatic carbocycles. The van der Waals surface area contributed by atoms with Crippen molar-refractivity contribution in [2.24, 2.45) is 0 Å². The molecule has 2 aromatic heterocycles. The first-order valence-electron chi connectivity index (χ1n) is 6.01. The molecule has 0 spiro atoms. The van der Waals surface area contributed by atoms with Crippen LogP contribution in [0.1, 0.15) is 18.5 Å². The van der Waals surface area contributed by atoms with Gasteiger partial charge in [0.15, 0.2) is 5.65 Å². The fourth-order valence-electron chi connectivity index (χ4n) is 2.28. The lowest BCUT2D eigenvalue weighted by molar-refractivity contribution is 0.662. The SMILES string of the molecule is CC(c1ccccc1Cl)n1c(N)nc2cccnc21. The predicted molar refractivity (Wildman–Crippen MR) is 77.2 cm³/mol. The average molecular weight is 273 g/mol. The maximum atomic E-state index is 6.24. The van der Waals surface area contributed by atoms with Crippen molar-refractivity contribution >= 4 is 28.7 Å². The summed E-state index contributed by atoms with van der Waals surface area (Å²) in [6.07, 6.45) is 1.74. The lowest BCUT2D eigenvalue weighted by atomic mass is 10.1. The highest BCUT2D eigenvalue weighted by Gasteiger charge is 2.17. The lowest BCUT2D eigenvalue weighted by Gasteiger charge is -2.17. The van der Waals surface area contributed by atoms with Gasteiger partial charge in [0.25, 0.3) is 0 Å². The number of rotatable bonds is 2. The molecular weight excluding hydrogens is 260 g/mol. The molecule has 96 valence electrons. The van der Waals surface area contributed by atoms with Crippen molar-refractivity contribution in [2.45, 2.75) is 13.0 Å². The summed E-state index contributed by atoms with van der Waals surface area (Å²) in [5, 5.41) is 0.715. The van der Waals surface area contributed by atoms with Crippen LogP contribution in [0.15, 0.2) is 42.6 Å². The van der Waals surface area contributed by atoms with Gasteiger partial charge in [-0.05, 0) is 30.7 Å². The first-order chi connectivity index (χ1) is 9.18.